The standard InChI is InChI=1S/C28H32F3N5O3S/c1-19-6-2-3-7-21(19)22-16-24(34-17-23(22)28(29,30)31)36(40(38,39)25-8-4-5-13-33-25)35-14-11-27(12-15-35)10-9-20(18-37)26(27)32/h2-8,13,16-17,20,26,37H,9-12,14-15,18,32H2,1H3/t20-,26+/m0/s1. The van der Waals surface area contributed by atoms with Crippen LogP contribution >= 0.6 is 0 Å². The Morgan fingerprint density at radius 2 is 1.77 bits per heavy atom. The highest BCUT2D eigenvalue weighted by molar-refractivity contribution is 7.92. The van der Waals surface area contributed by atoms with Crippen molar-refractivity contribution >= 4 is 15.8 Å². The Labute approximate surface area is 231 Å². The normalized spacial score (nSPS) is 21.6. The highest BCUT2D eigenvalue weighted by Crippen LogP contribution is 2.49. The van der Waals surface area contributed by atoms with Gasteiger partial charge < -0.3 is 10.8 Å². The van der Waals surface area contributed by atoms with E-state index in [1.807, 2.05) is 0 Å². The lowest BCUT2D eigenvalue weighted by atomic mass is 9.73. The molecule has 3 heterocycles. The Kier molecular flexibility index (Phi) is 7.64. The number of pyridine rings is 2. The molecule has 3 N–H and O–H groups in total. The number of aromatic nitrogens is 2. The van der Waals surface area contributed by atoms with Crippen LogP contribution in [-0.2, 0) is 16.2 Å². The molecule has 1 spiro atoms. The van der Waals surface area contributed by atoms with Crippen molar-refractivity contribution in [2.75, 3.05) is 24.1 Å². The second-order valence-electron chi connectivity index (χ2n) is 10.6. The molecule has 0 unspecified atom stereocenters. The predicted octanol–water partition coefficient (Wildman–Crippen LogP) is 4.39. The number of hydrazine groups is 1. The highest BCUT2D eigenvalue weighted by atomic mass is 32.2. The first-order valence-electron chi connectivity index (χ1n) is 13.2. The van der Waals surface area contributed by atoms with E-state index < -0.39 is 21.8 Å². The summed E-state index contributed by atoms with van der Waals surface area (Å²) in [5.74, 6) is -0.162. The van der Waals surface area contributed by atoms with Crippen molar-refractivity contribution in [3.05, 3.63) is 72.1 Å². The maximum atomic E-state index is 14.1. The van der Waals surface area contributed by atoms with Gasteiger partial charge in [-0.1, -0.05) is 30.3 Å². The first-order chi connectivity index (χ1) is 19.0. The fourth-order valence-corrected chi connectivity index (χ4v) is 7.55. The fourth-order valence-electron chi connectivity index (χ4n) is 6.11. The van der Waals surface area contributed by atoms with Crippen LogP contribution in [0.3, 0.4) is 0 Å². The van der Waals surface area contributed by atoms with Crippen molar-refractivity contribution in [2.24, 2.45) is 17.1 Å². The number of hydrogen-bond acceptors (Lipinski definition) is 7. The van der Waals surface area contributed by atoms with Crippen molar-refractivity contribution < 1.29 is 26.7 Å². The number of anilines is 1. The summed E-state index contributed by atoms with van der Waals surface area (Å²) in [6.07, 6.45) is 0.121. The van der Waals surface area contributed by atoms with Gasteiger partial charge in [-0.25, -0.2) is 15.0 Å². The lowest BCUT2D eigenvalue weighted by Crippen LogP contribution is -2.55. The number of rotatable bonds is 6. The van der Waals surface area contributed by atoms with Crippen molar-refractivity contribution in [3.8, 4) is 11.1 Å². The largest absolute Gasteiger partial charge is 0.418 e. The average Bonchev–Trinajstić information content (AvgIpc) is 3.24. The van der Waals surface area contributed by atoms with E-state index in [2.05, 4.69) is 9.97 Å². The summed E-state index contributed by atoms with van der Waals surface area (Å²) in [6, 6.07) is 12.1. The molecule has 40 heavy (non-hydrogen) atoms. The minimum Gasteiger partial charge on any atom is -0.396 e. The van der Waals surface area contributed by atoms with E-state index in [1.54, 1.807) is 42.3 Å². The Balaban J connectivity index is 1.60. The summed E-state index contributed by atoms with van der Waals surface area (Å²) in [6.45, 7) is 2.29. The average molecular weight is 576 g/mol. The zero-order chi connectivity index (χ0) is 28.7. The van der Waals surface area contributed by atoms with Gasteiger partial charge in [0, 0.05) is 38.1 Å². The number of sulfonamides is 1. The molecule has 0 amide bonds. The quantitative estimate of drug-likeness (QED) is 0.448. The van der Waals surface area contributed by atoms with Gasteiger partial charge in [0.05, 0.1) is 5.56 Å². The highest BCUT2D eigenvalue weighted by Gasteiger charge is 2.49. The van der Waals surface area contributed by atoms with Crippen molar-refractivity contribution in [2.45, 2.75) is 49.9 Å². The van der Waals surface area contributed by atoms with Gasteiger partial charge in [0.1, 0.15) is 0 Å². The number of aliphatic hydroxyl groups is 1. The van der Waals surface area contributed by atoms with Crippen LogP contribution in [0.5, 0.6) is 0 Å². The van der Waals surface area contributed by atoms with Crippen LogP contribution in [-0.4, -0.2) is 54.2 Å². The second-order valence-corrected chi connectivity index (χ2v) is 12.4. The van der Waals surface area contributed by atoms with E-state index in [4.69, 9.17) is 5.73 Å². The summed E-state index contributed by atoms with van der Waals surface area (Å²) in [5.41, 5.74) is 6.12. The number of piperidine rings is 1. The molecular formula is C28H32F3N5O3S. The van der Waals surface area contributed by atoms with Crippen molar-refractivity contribution in [1.82, 2.24) is 15.0 Å². The number of aliphatic hydroxyl groups excluding tert-OH is 1. The minimum absolute atomic E-state index is 0.00393. The van der Waals surface area contributed by atoms with Crippen LogP contribution in [0.2, 0.25) is 0 Å². The molecule has 0 bridgehead atoms. The molecular weight excluding hydrogens is 543 g/mol. The molecule has 1 saturated heterocycles. The van der Waals surface area contributed by atoms with Gasteiger partial charge in [0.15, 0.2) is 10.8 Å². The van der Waals surface area contributed by atoms with Crippen LogP contribution in [0.1, 0.15) is 36.8 Å². The maximum absolute atomic E-state index is 14.1. The van der Waals surface area contributed by atoms with E-state index in [9.17, 15) is 26.7 Å². The number of alkyl halides is 3. The molecule has 8 nitrogen and oxygen atoms in total. The lowest BCUT2D eigenvalue weighted by molar-refractivity contribution is -0.137. The summed E-state index contributed by atoms with van der Waals surface area (Å²) >= 11 is 0. The molecule has 0 radical (unpaired) electrons. The van der Waals surface area contributed by atoms with Crippen LogP contribution in [0.4, 0.5) is 19.0 Å². The molecule has 1 aliphatic heterocycles. The van der Waals surface area contributed by atoms with E-state index in [-0.39, 0.29) is 40.4 Å². The molecule has 3 aromatic rings. The van der Waals surface area contributed by atoms with Gasteiger partial charge in [0.2, 0.25) is 0 Å². The van der Waals surface area contributed by atoms with E-state index in [1.165, 1.54) is 24.4 Å². The molecule has 2 atom stereocenters. The van der Waals surface area contributed by atoms with Gasteiger partial charge in [-0.15, -0.1) is 0 Å². The Morgan fingerprint density at radius 3 is 2.38 bits per heavy atom. The number of nitrogens with two attached hydrogens (primary N) is 1. The van der Waals surface area contributed by atoms with Crippen LogP contribution in [0, 0.1) is 18.3 Å². The maximum Gasteiger partial charge on any atom is 0.418 e. The van der Waals surface area contributed by atoms with Gasteiger partial charge in [-0.3, -0.25) is 0 Å². The Morgan fingerprint density at radius 1 is 1.07 bits per heavy atom. The number of nitrogens with zero attached hydrogens (tertiary/aromatic N) is 4. The third-order valence-electron chi connectivity index (χ3n) is 8.41. The third kappa shape index (κ3) is 5.09. The van der Waals surface area contributed by atoms with Gasteiger partial charge >= 0.3 is 6.18 Å². The van der Waals surface area contributed by atoms with Crippen molar-refractivity contribution in [3.63, 3.8) is 0 Å². The zero-order valence-corrected chi connectivity index (χ0v) is 22.9. The van der Waals surface area contributed by atoms with Gasteiger partial charge in [-0.05, 0) is 78.8 Å². The molecule has 2 aromatic heterocycles. The van der Waals surface area contributed by atoms with Gasteiger partial charge in [0.25, 0.3) is 10.0 Å². The monoisotopic (exact) mass is 575 g/mol. The molecule has 1 aromatic carbocycles. The minimum atomic E-state index is -4.70. The Hall–Kier alpha value is -3.06. The number of halogens is 3. The number of hydrogen-bond donors (Lipinski definition) is 2. The number of benzene rings is 1. The van der Waals surface area contributed by atoms with Crippen molar-refractivity contribution in [1.29, 1.82) is 0 Å². The summed E-state index contributed by atoms with van der Waals surface area (Å²) < 4.78 is 71.3. The fraction of sp³-hybridized carbons (Fsp3) is 0.429. The number of aryl methyl sites for hydroxylation is 1. The van der Waals surface area contributed by atoms with E-state index in [0.717, 1.165) is 17.3 Å². The predicted molar refractivity (Wildman–Crippen MR) is 144 cm³/mol. The molecule has 1 saturated carbocycles. The summed E-state index contributed by atoms with van der Waals surface area (Å²) in [4.78, 5) is 8.09. The molecule has 2 aliphatic rings. The zero-order valence-electron chi connectivity index (χ0n) is 22.1. The summed E-state index contributed by atoms with van der Waals surface area (Å²) in [7, 11) is -4.34. The van der Waals surface area contributed by atoms with Crippen LogP contribution in [0.15, 0.2) is 66.0 Å². The molecule has 214 valence electrons. The van der Waals surface area contributed by atoms with Crippen LogP contribution in [0.25, 0.3) is 11.1 Å². The molecule has 12 heteroatoms. The second kappa shape index (κ2) is 10.7. The smallest absolute Gasteiger partial charge is 0.396 e. The molecule has 1 aliphatic carbocycles. The summed E-state index contributed by atoms with van der Waals surface area (Å²) in [5, 5.41) is 11.1. The molecule has 2 fully saturated rings. The van der Waals surface area contributed by atoms with Gasteiger partial charge in [-0.2, -0.15) is 26.0 Å². The first-order valence-corrected chi connectivity index (χ1v) is 14.6. The van der Waals surface area contributed by atoms with Crippen LogP contribution < -0.4 is 10.1 Å². The lowest BCUT2D eigenvalue weighted by Gasteiger charge is -2.45. The Bertz CT molecular complexity index is 1460. The first kappa shape index (κ1) is 28.5. The topological polar surface area (TPSA) is 113 Å². The van der Waals surface area contributed by atoms with E-state index in [0.29, 0.717) is 43.3 Å². The van der Waals surface area contributed by atoms with E-state index >= 15 is 0 Å². The third-order valence-corrected chi connectivity index (χ3v) is 10.1. The SMILES string of the molecule is Cc1ccccc1-c1cc(N(N2CCC3(CC[C@@H](CO)[C@H]3N)CC2)S(=O)(=O)c2ccccn2)ncc1C(F)(F)F. The molecule has 5 rings (SSSR count).